The highest BCUT2D eigenvalue weighted by Gasteiger charge is 2.35. The van der Waals surface area contributed by atoms with Gasteiger partial charge in [0.1, 0.15) is 56.8 Å². The van der Waals surface area contributed by atoms with Gasteiger partial charge in [0.25, 0.3) is 16.0 Å². The average Bonchev–Trinajstić information content (AvgIpc) is 3.38. The fraction of sp³-hybridized carbons (Fsp3) is 0.314. The van der Waals surface area contributed by atoms with Crippen molar-refractivity contribution in [1.29, 1.82) is 0 Å². The summed E-state index contributed by atoms with van der Waals surface area (Å²) in [7, 11) is 5.82. The molecule has 0 bridgehead atoms. The summed E-state index contributed by atoms with van der Waals surface area (Å²) in [5, 5.41) is 4.79. The second-order valence-corrected chi connectivity index (χ2v) is 27.5. The molecule has 0 radical (unpaired) electrons. The molecule has 82 heavy (non-hydrogen) atoms. The normalized spacial score (nSPS) is 12.3. The zero-order valence-electron chi connectivity index (χ0n) is 50.7. The second-order valence-electron chi connectivity index (χ2n) is 24.9. The van der Waals surface area contributed by atoms with Crippen LogP contribution in [0.2, 0.25) is 0 Å². The Morgan fingerprint density at radius 2 is 0.561 bits per heavy atom. The molecule has 0 aliphatic heterocycles. The van der Waals surface area contributed by atoms with Crippen LogP contribution in [0.25, 0.3) is 87.9 Å². The summed E-state index contributed by atoms with van der Waals surface area (Å²) >= 11 is 0. The summed E-state index contributed by atoms with van der Waals surface area (Å²) in [6.07, 6.45) is 0. The Labute approximate surface area is 484 Å². The Balaban J connectivity index is 1.53. The topological polar surface area (TPSA) is 108 Å². The van der Waals surface area contributed by atoms with Gasteiger partial charge in [-0.15, -0.1) is 0 Å². The van der Waals surface area contributed by atoms with Gasteiger partial charge in [-0.2, -0.15) is 0 Å². The summed E-state index contributed by atoms with van der Waals surface area (Å²) in [5.74, 6) is 3.89. The Bertz CT molecular complexity index is 3710. The summed E-state index contributed by atoms with van der Waals surface area (Å²) in [4.78, 5) is 0. The lowest BCUT2D eigenvalue weighted by Crippen LogP contribution is -2.12. The molecule has 12 heteroatoms. The van der Waals surface area contributed by atoms with Crippen LogP contribution < -0.4 is 28.4 Å². The molecule has 0 aliphatic rings. The molecule has 10 rings (SSSR count). The number of benzene rings is 8. The van der Waals surface area contributed by atoms with Gasteiger partial charge in [-0.1, -0.05) is 144 Å². The second kappa shape index (κ2) is 21.9. The minimum Gasteiger partial charge on any atom is -0.497 e. The van der Waals surface area contributed by atoms with E-state index in [4.69, 9.17) is 45.2 Å². The predicted molar refractivity (Wildman–Crippen MR) is 339 cm³/mol. The maximum atomic E-state index is 7.85. The van der Waals surface area contributed by atoms with Gasteiger partial charge in [0.15, 0.2) is 0 Å². The van der Waals surface area contributed by atoms with Crippen molar-refractivity contribution in [1.82, 2.24) is 0 Å². The van der Waals surface area contributed by atoms with Crippen molar-refractivity contribution in [2.75, 3.05) is 42.7 Å². The Hall–Kier alpha value is -7.64. The van der Waals surface area contributed by atoms with E-state index in [1.807, 2.05) is 24.3 Å². The summed E-state index contributed by atoms with van der Waals surface area (Å²) in [6, 6.07) is 45.6. The van der Waals surface area contributed by atoms with E-state index >= 15 is 0 Å². The number of fused-ring (bicyclic) bond motifs is 6. The van der Waals surface area contributed by atoms with Crippen molar-refractivity contribution in [3.63, 3.8) is 0 Å². The van der Waals surface area contributed by atoms with Crippen molar-refractivity contribution in [3.8, 4) is 78.5 Å². The zero-order valence-corrected chi connectivity index (χ0v) is 52.5. The maximum Gasteiger partial charge on any atom is 0.254 e. The van der Waals surface area contributed by atoms with Crippen molar-refractivity contribution in [2.45, 2.75) is 105 Å². The lowest BCUT2D eigenvalue weighted by molar-refractivity contribution is 0.410. The van der Waals surface area contributed by atoms with E-state index in [2.05, 4.69) is 192 Å². The summed E-state index contributed by atoms with van der Waals surface area (Å²) < 4.78 is 69.3. The first-order valence-corrected chi connectivity index (χ1v) is 30.0. The molecule has 0 unspecified atom stereocenters. The molecule has 10 nitrogen and oxygen atoms in total. The molecule has 0 amide bonds. The Morgan fingerprint density at radius 3 is 0.780 bits per heavy atom. The smallest absolute Gasteiger partial charge is 0.254 e. The third-order valence-corrected chi connectivity index (χ3v) is 18.3. The zero-order chi connectivity index (χ0) is 58.8. The largest absolute Gasteiger partial charge is 0.497 e. The molecule has 0 aliphatic carbocycles. The van der Waals surface area contributed by atoms with Gasteiger partial charge >= 0.3 is 0 Å². The number of hydrogen-bond donors (Lipinski definition) is 0. The van der Waals surface area contributed by atoms with Crippen LogP contribution in [0.1, 0.15) is 105 Å². The minimum absolute atomic E-state index is 0.426. The molecule has 0 saturated carbocycles. The highest BCUT2D eigenvalue weighted by atomic mass is 31.1. The van der Waals surface area contributed by atoms with E-state index in [9.17, 15) is 0 Å². The van der Waals surface area contributed by atoms with E-state index in [1.54, 1.807) is 42.7 Å². The fourth-order valence-corrected chi connectivity index (χ4v) is 14.4. The van der Waals surface area contributed by atoms with Gasteiger partial charge < -0.3 is 45.2 Å². The summed E-state index contributed by atoms with van der Waals surface area (Å²) in [6.45, 7) is 26.3. The number of rotatable bonds is 11. The minimum atomic E-state index is -2.20. The number of methoxy groups -OCH3 is 6. The standard InChI is InChI=1S/C70H76O10P2/c1-67(2,3)53-37-43(71-13)33-49-50-34-44(72-14)38-54(68(4,5)6)62(50)78-81(77-61(49)53)65-47(41-25-21-19-22-26-41)29-31-57(75-17)59(65)60-58(76-18)32-30-48(42-27-23-20-24-28-42)66(60)82-79-63-51(35-45(73-15)39-55(63)69(7,8)9)52-36-46(74-16)40-56(64(52)80-82)70(10,11)12/h19-40H,1-18H3. The van der Waals surface area contributed by atoms with Crippen LogP contribution in [0.4, 0.5) is 0 Å². The maximum absolute atomic E-state index is 7.85. The third kappa shape index (κ3) is 10.6. The lowest BCUT2D eigenvalue weighted by Gasteiger charge is -2.23. The van der Waals surface area contributed by atoms with Crippen LogP contribution in [-0.4, -0.2) is 42.7 Å². The molecule has 0 fully saturated rings. The molecule has 8 aromatic carbocycles. The van der Waals surface area contributed by atoms with Gasteiger partial charge in [0, 0.05) is 66.1 Å². The van der Waals surface area contributed by atoms with Crippen molar-refractivity contribution < 1.29 is 45.2 Å². The SMILES string of the molecule is COc1cc(C(C)(C)C)c2op(-c3c(-c4ccccc4)ccc(OC)c3-c3c(OC)ccc(-c4ccccc4)c3-p3oc4c(C(C)(C)C)cc(OC)cc4c4cc(OC)cc(C(C)(C)C)c4o3)oc3c(C(C)(C)C)cc(OC)cc3c2c1. The quantitative estimate of drug-likeness (QED) is 0.124. The van der Waals surface area contributed by atoms with E-state index in [1.165, 1.54) is 0 Å². The van der Waals surface area contributed by atoms with Crippen molar-refractivity contribution >= 4 is 59.9 Å². The Morgan fingerprint density at radius 1 is 0.305 bits per heavy atom. The molecule has 0 saturated heterocycles. The highest BCUT2D eigenvalue weighted by Crippen LogP contribution is 2.63. The molecule has 10 aromatic rings. The van der Waals surface area contributed by atoms with Crippen LogP contribution in [0.15, 0.2) is 150 Å². The lowest BCUT2D eigenvalue weighted by atomic mass is 9.84. The van der Waals surface area contributed by atoms with Crippen LogP contribution in [0, 0.1) is 0 Å². The molecule has 0 N–H and O–H groups in total. The predicted octanol–water partition coefficient (Wildman–Crippen LogP) is 21.1. The van der Waals surface area contributed by atoms with Crippen LogP contribution in [-0.2, 0) is 21.7 Å². The van der Waals surface area contributed by atoms with Crippen molar-refractivity contribution in [3.05, 3.63) is 156 Å². The number of hydrogen-bond acceptors (Lipinski definition) is 10. The van der Waals surface area contributed by atoms with Crippen LogP contribution >= 0.6 is 16.0 Å². The first-order valence-electron chi connectivity index (χ1n) is 27.7. The number of ether oxygens (including phenoxy) is 6. The van der Waals surface area contributed by atoms with E-state index < -0.39 is 37.7 Å². The molecule has 426 valence electrons. The fourth-order valence-electron chi connectivity index (χ4n) is 10.9. The molecule has 2 aromatic heterocycles. The van der Waals surface area contributed by atoms with Crippen LogP contribution in [0.5, 0.6) is 34.5 Å². The molecular weight excluding hydrogens is 1060 g/mol. The molecule has 2 heterocycles. The van der Waals surface area contributed by atoms with Crippen LogP contribution in [0.3, 0.4) is 0 Å². The van der Waals surface area contributed by atoms with Gasteiger partial charge in [0.2, 0.25) is 0 Å². The monoisotopic (exact) mass is 1140 g/mol. The molecule has 0 atom stereocenters. The molecule has 0 spiro atoms. The van der Waals surface area contributed by atoms with E-state index in [-0.39, 0.29) is 0 Å². The average molecular weight is 1140 g/mol. The van der Waals surface area contributed by atoms with Gasteiger partial charge in [-0.3, -0.25) is 0 Å². The first-order chi connectivity index (χ1) is 38.9. The van der Waals surface area contributed by atoms with Crippen molar-refractivity contribution in [2.24, 2.45) is 0 Å². The van der Waals surface area contributed by atoms with Gasteiger partial charge in [-0.05, 0) is 106 Å². The Kier molecular flexibility index (Phi) is 15.4. The van der Waals surface area contributed by atoms with Gasteiger partial charge in [0.05, 0.1) is 53.3 Å². The highest BCUT2D eigenvalue weighted by molar-refractivity contribution is 7.47. The molecular formula is C70H76O10P2. The third-order valence-electron chi connectivity index (χ3n) is 15.2. The van der Waals surface area contributed by atoms with Gasteiger partial charge in [-0.25, -0.2) is 0 Å². The van der Waals surface area contributed by atoms with E-state index in [0.29, 0.717) is 68.0 Å². The first kappa shape index (κ1) is 57.6. The summed E-state index contributed by atoms with van der Waals surface area (Å²) in [5.41, 5.74) is 9.79. The van der Waals surface area contributed by atoms with E-state index in [0.717, 1.165) is 76.7 Å².